The van der Waals surface area contributed by atoms with Gasteiger partial charge in [0.15, 0.2) is 24.1 Å². The van der Waals surface area contributed by atoms with Gasteiger partial charge in [-0.1, -0.05) is 0 Å². The van der Waals surface area contributed by atoms with Crippen LogP contribution in [0.1, 0.15) is 10.4 Å². The number of hydrogen-bond donors (Lipinski definition) is 1. The third kappa shape index (κ3) is 4.11. The summed E-state index contributed by atoms with van der Waals surface area (Å²) in [6.07, 6.45) is 2.84. The molecule has 3 rings (SSSR count). The number of anilines is 1. The number of carbonyl (C=O) groups is 2. The molecular weight excluding hydrogens is 365 g/mol. The van der Waals surface area contributed by atoms with Crippen molar-refractivity contribution in [2.24, 2.45) is 0 Å². The lowest BCUT2D eigenvalue weighted by Gasteiger charge is -2.08. The van der Waals surface area contributed by atoms with Crippen molar-refractivity contribution in [2.75, 3.05) is 11.9 Å². The quantitative estimate of drug-likeness (QED) is 0.546. The van der Waals surface area contributed by atoms with E-state index >= 15 is 0 Å². The lowest BCUT2D eigenvalue weighted by atomic mass is 10.2. The third-order valence-corrected chi connectivity index (χ3v) is 3.43. The van der Waals surface area contributed by atoms with Gasteiger partial charge in [-0.05, 0) is 36.4 Å². The molecule has 27 heavy (non-hydrogen) atoms. The summed E-state index contributed by atoms with van der Waals surface area (Å²) in [6.45, 7) is -0.734. The molecule has 1 aromatic heterocycles. The maximum absolute atomic E-state index is 13.5. The molecule has 0 unspecified atom stereocenters. The summed E-state index contributed by atoms with van der Waals surface area (Å²) in [5, 5.41) is 5.93. The summed E-state index contributed by atoms with van der Waals surface area (Å²) in [5.74, 6) is -6.34. The number of nitrogens with one attached hydrogen (secondary N) is 1. The summed E-state index contributed by atoms with van der Waals surface area (Å²) in [4.78, 5) is 27.5. The monoisotopic (exact) mass is 376 g/mol. The molecule has 2 aromatic carbocycles. The van der Waals surface area contributed by atoms with Crippen molar-refractivity contribution >= 4 is 17.6 Å². The van der Waals surface area contributed by atoms with Gasteiger partial charge in [-0.2, -0.15) is 5.10 Å². The maximum Gasteiger partial charge on any atom is 0.338 e. The van der Waals surface area contributed by atoms with Crippen LogP contribution in [0.3, 0.4) is 0 Å². The highest BCUT2D eigenvalue weighted by Gasteiger charge is 2.16. The molecule has 10 heteroatoms. The number of nitrogens with zero attached hydrogens (tertiary/aromatic N) is 3. The number of esters is 1. The Labute approximate surface area is 150 Å². The van der Waals surface area contributed by atoms with Gasteiger partial charge in [-0.15, -0.1) is 0 Å². The van der Waals surface area contributed by atoms with Gasteiger partial charge in [0.1, 0.15) is 12.7 Å². The number of ether oxygens (including phenoxy) is 1. The van der Waals surface area contributed by atoms with Gasteiger partial charge in [0, 0.05) is 0 Å². The Bertz CT molecular complexity index is 976. The molecule has 3 aromatic rings. The second kappa shape index (κ2) is 7.68. The molecule has 0 spiro atoms. The lowest BCUT2D eigenvalue weighted by Crippen LogP contribution is -2.21. The standard InChI is InChI=1S/C17H11F3N4O3/c18-12-5-6-13(16(20)15(12)19)23-14(25)7-27-17(26)10-1-3-11(4-2-10)24-9-21-8-22-24/h1-6,8-9H,7H2,(H,23,25). The van der Waals surface area contributed by atoms with Crippen molar-refractivity contribution in [3.8, 4) is 5.69 Å². The van der Waals surface area contributed by atoms with Crippen LogP contribution >= 0.6 is 0 Å². The SMILES string of the molecule is O=C(COC(=O)c1ccc(-n2cncn2)cc1)Nc1ccc(F)c(F)c1F. The van der Waals surface area contributed by atoms with Crippen LogP contribution in [0.15, 0.2) is 49.1 Å². The van der Waals surface area contributed by atoms with Crippen molar-refractivity contribution in [3.63, 3.8) is 0 Å². The Morgan fingerprint density at radius 2 is 1.78 bits per heavy atom. The summed E-state index contributed by atoms with van der Waals surface area (Å²) in [5.41, 5.74) is 0.272. The first-order chi connectivity index (χ1) is 13.0. The number of halogens is 3. The van der Waals surface area contributed by atoms with Crippen LogP contribution in [0.5, 0.6) is 0 Å². The summed E-state index contributed by atoms with van der Waals surface area (Å²) >= 11 is 0. The minimum atomic E-state index is -1.71. The van der Waals surface area contributed by atoms with Gasteiger partial charge in [-0.25, -0.2) is 27.6 Å². The van der Waals surface area contributed by atoms with Gasteiger partial charge in [0.05, 0.1) is 16.9 Å². The molecule has 7 nitrogen and oxygen atoms in total. The van der Waals surface area contributed by atoms with Crippen LogP contribution in [0, 0.1) is 17.5 Å². The van der Waals surface area contributed by atoms with Crippen molar-refractivity contribution in [1.82, 2.24) is 14.8 Å². The molecule has 0 aliphatic heterocycles. The predicted molar refractivity (Wildman–Crippen MR) is 86.6 cm³/mol. The number of aromatic nitrogens is 3. The molecule has 0 aliphatic rings. The zero-order chi connectivity index (χ0) is 19.4. The topological polar surface area (TPSA) is 86.1 Å². The lowest BCUT2D eigenvalue weighted by molar-refractivity contribution is -0.119. The summed E-state index contributed by atoms with van der Waals surface area (Å²) in [6, 6.07) is 7.65. The fraction of sp³-hybridized carbons (Fsp3) is 0.0588. The highest BCUT2D eigenvalue weighted by Crippen LogP contribution is 2.19. The van der Waals surface area contributed by atoms with E-state index in [2.05, 4.69) is 10.1 Å². The van der Waals surface area contributed by atoms with E-state index in [-0.39, 0.29) is 5.56 Å². The Kier molecular flexibility index (Phi) is 5.15. The Balaban J connectivity index is 1.57. The second-order valence-electron chi connectivity index (χ2n) is 5.23. The van der Waals surface area contributed by atoms with E-state index in [1.54, 1.807) is 12.1 Å². The molecule has 0 fully saturated rings. The first-order valence-corrected chi connectivity index (χ1v) is 7.51. The number of hydrogen-bond acceptors (Lipinski definition) is 5. The van der Waals surface area contributed by atoms with Crippen molar-refractivity contribution in [3.05, 3.63) is 72.1 Å². The fourth-order valence-corrected chi connectivity index (χ4v) is 2.11. The van der Waals surface area contributed by atoms with E-state index in [1.165, 1.54) is 29.5 Å². The van der Waals surface area contributed by atoms with Crippen LogP contribution < -0.4 is 5.32 Å². The molecule has 0 saturated heterocycles. The third-order valence-electron chi connectivity index (χ3n) is 3.43. The molecule has 0 radical (unpaired) electrons. The van der Waals surface area contributed by atoms with Crippen LogP contribution in [-0.4, -0.2) is 33.2 Å². The van der Waals surface area contributed by atoms with E-state index in [4.69, 9.17) is 4.74 Å². The Morgan fingerprint density at radius 3 is 2.44 bits per heavy atom. The molecule has 1 amide bonds. The van der Waals surface area contributed by atoms with Gasteiger partial charge in [-0.3, -0.25) is 4.79 Å². The normalized spacial score (nSPS) is 10.5. The molecule has 1 N–H and O–H groups in total. The zero-order valence-corrected chi connectivity index (χ0v) is 13.5. The highest BCUT2D eigenvalue weighted by molar-refractivity contribution is 5.95. The van der Waals surface area contributed by atoms with Gasteiger partial charge in [0.25, 0.3) is 5.91 Å². The molecule has 0 atom stereocenters. The molecule has 0 bridgehead atoms. The van der Waals surface area contributed by atoms with Crippen molar-refractivity contribution in [1.29, 1.82) is 0 Å². The largest absolute Gasteiger partial charge is 0.452 e. The second-order valence-corrected chi connectivity index (χ2v) is 5.23. The van der Waals surface area contributed by atoms with E-state index in [1.807, 2.05) is 5.32 Å². The average Bonchev–Trinajstić information content (AvgIpc) is 3.21. The molecule has 0 aliphatic carbocycles. The number of rotatable bonds is 5. The number of carbonyl (C=O) groups excluding carboxylic acids is 2. The zero-order valence-electron chi connectivity index (χ0n) is 13.5. The number of amides is 1. The van der Waals surface area contributed by atoms with E-state index < -0.39 is 41.6 Å². The fourth-order valence-electron chi connectivity index (χ4n) is 2.11. The van der Waals surface area contributed by atoms with Crippen molar-refractivity contribution in [2.45, 2.75) is 0 Å². The first kappa shape index (κ1) is 18.1. The highest BCUT2D eigenvalue weighted by atomic mass is 19.2. The van der Waals surface area contributed by atoms with Gasteiger partial charge < -0.3 is 10.1 Å². The van der Waals surface area contributed by atoms with E-state index in [0.717, 1.165) is 6.07 Å². The van der Waals surface area contributed by atoms with Crippen LogP contribution in [0.4, 0.5) is 18.9 Å². The van der Waals surface area contributed by atoms with Crippen molar-refractivity contribution < 1.29 is 27.5 Å². The van der Waals surface area contributed by atoms with Crippen LogP contribution in [-0.2, 0) is 9.53 Å². The van der Waals surface area contributed by atoms with Gasteiger partial charge >= 0.3 is 5.97 Å². The molecule has 138 valence electrons. The van der Waals surface area contributed by atoms with E-state index in [9.17, 15) is 22.8 Å². The van der Waals surface area contributed by atoms with E-state index in [0.29, 0.717) is 11.8 Å². The Morgan fingerprint density at radius 1 is 1.04 bits per heavy atom. The van der Waals surface area contributed by atoms with Gasteiger partial charge in [0.2, 0.25) is 0 Å². The predicted octanol–water partition coefficient (Wildman–Crippen LogP) is 2.48. The Hall–Kier alpha value is -3.69. The average molecular weight is 376 g/mol. The first-order valence-electron chi connectivity index (χ1n) is 7.51. The number of benzene rings is 2. The molecule has 0 saturated carbocycles. The molecule has 1 heterocycles. The molecular formula is C17H11F3N4O3. The summed E-state index contributed by atoms with van der Waals surface area (Å²) in [7, 11) is 0. The van der Waals surface area contributed by atoms with Crippen LogP contribution in [0.25, 0.3) is 5.69 Å². The summed E-state index contributed by atoms with van der Waals surface area (Å²) < 4.78 is 45.8. The smallest absolute Gasteiger partial charge is 0.338 e. The maximum atomic E-state index is 13.5. The van der Waals surface area contributed by atoms with Crippen LogP contribution in [0.2, 0.25) is 0 Å². The minimum Gasteiger partial charge on any atom is -0.452 e. The minimum absolute atomic E-state index is 0.172.